The van der Waals surface area contributed by atoms with Gasteiger partial charge in [-0.3, -0.25) is 4.79 Å². The van der Waals surface area contributed by atoms with E-state index in [2.05, 4.69) is 15.9 Å². The highest BCUT2D eigenvalue weighted by Crippen LogP contribution is 2.26. The summed E-state index contributed by atoms with van der Waals surface area (Å²) in [4.78, 5) is 11.8. The second kappa shape index (κ2) is 5.98. The third kappa shape index (κ3) is 3.32. The molecule has 1 aliphatic rings. The van der Waals surface area contributed by atoms with Crippen molar-refractivity contribution in [3.05, 3.63) is 63.4 Å². The number of benzene rings is 2. The van der Waals surface area contributed by atoms with Crippen molar-refractivity contribution in [1.82, 2.24) is 0 Å². The topological polar surface area (TPSA) is 26.3 Å². The zero-order valence-corrected chi connectivity index (χ0v) is 13.0. The van der Waals surface area contributed by atoms with Crippen LogP contribution in [0.3, 0.4) is 0 Å². The van der Waals surface area contributed by atoms with E-state index >= 15 is 0 Å². The lowest BCUT2D eigenvalue weighted by Crippen LogP contribution is -2.10. The summed E-state index contributed by atoms with van der Waals surface area (Å²) in [5.74, 6) is 0.625. The summed E-state index contributed by atoms with van der Waals surface area (Å²) >= 11 is 3.26. The Kier molecular flexibility index (Phi) is 4.06. The minimum Gasteiger partial charge on any atom is -0.489 e. The molecule has 0 aliphatic heterocycles. The van der Waals surface area contributed by atoms with E-state index in [0.29, 0.717) is 23.2 Å². The smallest absolute Gasteiger partial charge is 0.163 e. The Morgan fingerprint density at radius 3 is 2.81 bits per heavy atom. The molecule has 0 saturated carbocycles. The number of ketones is 1. The fraction of sp³-hybridized carbons (Fsp3) is 0.235. The molecule has 0 radical (unpaired) electrons. The molecule has 0 fully saturated rings. The zero-order chi connectivity index (χ0) is 14.8. The Balaban J connectivity index is 1.75. The van der Waals surface area contributed by atoms with Gasteiger partial charge in [0.05, 0.1) is 0 Å². The number of hydrogen-bond donors (Lipinski definition) is 0. The maximum Gasteiger partial charge on any atom is 0.163 e. The van der Waals surface area contributed by atoms with Crippen LogP contribution in [0, 0.1) is 5.82 Å². The van der Waals surface area contributed by atoms with Gasteiger partial charge in [0.25, 0.3) is 0 Å². The number of rotatable bonds is 3. The van der Waals surface area contributed by atoms with E-state index in [9.17, 15) is 9.18 Å². The molecule has 0 saturated heterocycles. The van der Waals surface area contributed by atoms with Gasteiger partial charge in [-0.25, -0.2) is 4.39 Å². The summed E-state index contributed by atoms with van der Waals surface area (Å²) in [5, 5.41) is 0. The second-order valence-corrected chi connectivity index (χ2v) is 6.08. The molecular formula is C17H14BrFO2. The molecule has 0 atom stereocenters. The molecule has 3 rings (SSSR count). The van der Waals surface area contributed by atoms with Crippen molar-refractivity contribution in [2.75, 3.05) is 0 Å². The predicted molar refractivity (Wildman–Crippen MR) is 82.1 cm³/mol. The van der Waals surface area contributed by atoms with Crippen LogP contribution in [0.15, 0.2) is 40.9 Å². The monoisotopic (exact) mass is 348 g/mol. The number of aryl methyl sites for hydroxylation is 1. The first-order valence-corrected chi connectivity index (χ1v) is 7.65. The van der Waals surface area contributed by atoms with Crippen LogP contribution < -0.4 is 4.74 Å². The molecule has 0 unspecified atom stereocenters. The van der Waals surface area contributed by atoms with E-state index < -0.39 is 0 Å². The zero-order valence-electron chi connectivity index (χ0n) is 11.4. The summed E-state index contributed by atoms with van der Waals surface area (Å²) < 4.78 is 19.7. The van der Waals surface area contributed by atoms with Crippen LogP contribution in [-0.4, -0.2) is 5.78 Å². The fourth-order valence-corrected chi connectivity index (χ4v) is 3.09. The SMILES string of the molecule is O=C1CCCc2cc(OCc3cc(F)cc(Br)c3)ccc21. The highest BCUT2D eigenvalue weighted by Gasteiger charge is 2.17. The van der Waals surface area contributed by atoms with Crippen molar-refractivity contribution in [3.8, 4) is 5.75 Å². The minimum atomic E-state index is -0.293. The predicted octanol–water partition coefficient (Wildman–Crippen LogP) is 4.69. The number of fused-ring (bicyclic) bond motifs is 1. The number of carbonyl (C=O) groups is 1. The summed E-state index contributed by atoms with van der Waals surface area (Å²) in [7, 11) is 0. The summed E-state index contributed by atoms with van der Waals surface area (Å²) in [6, 6.07) is 10.2. The highest BCUT2D eigenvalue weighted by atomic mass is 79.9. The molecule has 2 aromatic carbocycles. The lowest BCUT2D eigenvalue weighted by molar-refractivity contribution is 0.0972. The number of ether oxygens (including phenoxy) is 1. The van der Waals surface area contributed by atoms with Crippen LogP contribution in [0.4, 0.5) is 4.39 Å². The molecule has 21 heavy (non-hydrogen) atoms. The molecule has 0 bridgehead atoms. The molecule has 2 nitrogen and oxygen atoms in total. The van der Waals surface area contributed by atoms with Crippen LogP contribution in [0.2, 0.25) is 0 Å². The first-order chi connectivity index (χ1) is 10.1. The van der Waals surface area contributed by atoms with E-state index in [1.54, 1.807) is 6.07 Å². The highest BCUT2D eigenvalue weighted by molar-refractivity contribution is 9.10. The average molecular weight is 349 g/mol. The number of Topliss-reactive ketones (excluding diaryl/α,β-unsaturated/α-hetero) is 1. The quantitative estimate of drug-likeness (QED) is 0.804. The molecule has 108 valence electrons. The van der Waals surface area contributed by atoms with Gasteiger partial charge in [0.1, 0.15) is 18.2 Å². The van der Waals surface area contributed by atoms with Gasteiger partial charge in [-0.05, 0) is 60.4 Å². The summed E-state index contributed by atoms with van der Waals surface area (Å²) in [5.41, 5.74) is 2.61. The third-order valence-corrected chi connectivity index (χ3v) is 4.01. The molecule has 2 aromatic rings. The van der Waals surface area contributed by atoms with Gasteiger partial charge in [0, 0.05) is 16.5 Å². The lowest BCUT2D eigenvalue weighted by Gasteiger charge is -2.16. The van der Waals surface area contributed by atoms with Crippen LogP contribution in [-0.2, 0) is 13.0 Å². The Morgan fingerprint density at radius 2 is 2.00 bits per heavy atom. The van der Waals surface area contributed by atoms with Crippen LogP contribution in [0.5, 0.6) is 5.75 Å². The normalized spacial score (nSPS) is 13.9. The Morgan fingerprint density at radius 1 is 1.14 bits per heavy atom. The standard InChI is InChI=1S/C17H14BrFO2/c18-13-6-11(7-14(19)9-13)10-21-15-4-5-16-12(8-15)2-1-3-17(16)20/h4-9H,1-3,10H2. The molecule has 0 spiro atoms. The largest absolute Gasteiger partial charge is 0.489 e. The van der Waals surface area contributed by atoms with Gasteiger partial charge in [0.15, 0.2) is 5.78 Å². The molecule has 0 N–H and O–H groups in total. The molecule has 1 aliphatic carbocycles. The van der Waals surface area contributed by atoms with Crippen LogP contribution in [0.1, 0.15) is 34.3 Å². The Bertz CT molecular complexity index is 677. The van der Waals surface area contributed by atoms with E-state index in [1.807, 2.05) is 18.2 Å². The van der Waals surface area contributed by atoms with E-state index in [1.165, 1.54) is 12.1 Å². The van der Waals surface area contributed by atoms with E-state index in [-0.39, 0.29) is 11.6 Å². The maximum atomic E-state index is 13.3. The number of carbonyl (C=O) groups excluding carboxylic acids is 1. The van der Waals surface area contributed by atoms with Crippen molar-refractivity contribution in [2.24, 2.45) is 0 Å². The molecule has 0 heterocycles. The Labute approximate surface area is 131 Å². The van der Waals surface area contributed by atoms with Gasteiger partial charge >= 0.3 is 0 Å². The molecular weight excluding hydrogens is 335 g/mol. The van der Waals surface area contributed by atoms with Crippen molar-refractivity contribution in [1.29, 1.82) is 0 Å². The van der Waals surface area contributed by atoms with Gasteiger partial charge in [-0.2, -0.15) is 0 Å². The molecule has 0 aromatic heterocycles. The van der Waals surface area contributed by atoms with Gasteiger partial charge in [0.2, 0.25) is 0 Å². The van der Waals surface area contributed by atoms with Crippen molar-refractivity contribution in [3.63, 3.8) is 0 Å². The van der Waals surface area contributed by atoms with Crippen LogP contribution >= 0.6 is 15.9 Å². The second-order valence-electron chi connectivity index (χ2n) is 5.16. The van der Waals surface area contributed by atoms with Gasteiger partial charge < -0.3 is 4.74 Å². The Hall–Kier alpha value is -1.68. The molecule has 4 heteroatoms. The number of halogens is 2. The average Bonchev–Trinajstić information content (AvgIpc) is 2.44. The van der Waals surface area contributed by atoms with E-state index in [4.69, 9.17) is 4.74 Å². The van der Waals surface area contributed by atoms with Crippen molar-refractivity contribution in [2.45, 2.75) is 25.9 Å². The lowest BCUT2D eigenvalue weighted by atomic mass is 9.90. The maximum absolute atomic E-state index is 13.3. The minimum absolute atomic E-state index is 0.205. The summed E-state index contributed by atoms with van der Waals surface area (Å²) in [6.45, 7) is 0.295. The third-order valence-electron chi connectivity index (χ3n) is 3.55. The van der Waals surface area contributed by atoms with Crippen LogP contribution in [0.25, 0.3) is 0 Å². The van der Waals surface area contributed by atoms with E-state index in [0.717, 1.165) is 29.5 Å². The summed E-state index contributed by atoms with van der Waals surface area (Å²) in [6.07, 6.45) is 2.43. The number of hydrogen-bond acceptors (Lipinski definition) is 2. The molecule has 0 amide bonds. The van der Waals surface area contributed by atoms with Gasteiger partial charge in [-0.15, -0.1) is 0 Å². The van der Waals surface area contributed by atoms with Crippen molar-refractivity contribution >= 4 is 21.7 Å². The van der Waals surface area contributed by atoms with Crippen molar-refractivity contribution < 1.29 is 13.9 Å². The first-order valence-electron chi connectivity index (χ1n) is 6.86. The van der Waals surface area contributed by atoms with Gasteiger partial charge in [-0.1, -0.05) is 15.9 Å². The fourth-order valence-electron chi connectivity index (χ4n) is 2.57. The first kappa shape index (κ1) is 14.3.